The Hall–Kier alpha value is -2.32. The van der Waals surface area contributed by atoms with E-state index in [1.165, 1.54) is 11.8 Å². The van der Waals surface area contributed by atoms with Gasteiger partial charge in [0, 0.05) is 25.4 Å². The Kier molecular flexibility index (Phi) is 7.49. The van der Waals surface area contributed by atoms with Crippen LogP contribution in [0.2, 0.25) is 0 Å². The quantitative estimate of drug-likeness (QED) is 0.517. The lowest BCUT2D eigenvalue weighted by atomic mass is 10.3. The van der Waals surface area contributed by atoms with Gasteiger partial charge in [-0.15, -0.1) is 16.8 Å². The van der Waals surface area contributed by atoms with Crippen molar-refractivity contribution in [3.63, 3.8) is 0 Å². The van der Waals surface area contributed by atoms with Gasteiger partial charge in [-0.05, 0) is 19.1 Å². The van der Waals surface area contributed by atoms with Gasteiger partial charge in [0.15, 0.2) is 11.0 Å². The predicted octanol–water partition coefficient (Wildman–Crippen LogP) is 2.74. The number of hydrogen-bond donors (Lipinski definition) is 1. The number of hydrogen-bond acceptors (Lipinski definition) is 6. The highest BCUT2D eigenvalue weighted by Crippen LogP contribution is 2.20. The molecule has 1 N–H and O–H groups in total. The third-order valence-corrected chi connectivity index (χ3v) is 4.11. The van der Waals surface area contributed by atoms with E-state index in [1.54, 1.807) is 19.3 Å². The molecule has 0 aliphatic carbocycles. The minimum absolute atomic E-state index is 0.125. The third-order valence-electron chi connectivity index (χ3n) is 3.14. The Morgan fingerprint density at radius 2 is 2.28 bits per heavy atom. The first kappa shape index (κ1) is 19.0. The molecule has 0 atom stereocenters. The average Bonchev–Trinajstić information content (AvgIpc) is 2.96. The molecule has 2 aromatic rings. The van der Waals surface area contributed by atoms with Gasteiger partial charge in [-0.1, -0.05) is 23.9 Å². The van der Waals surface area contributed by atoms with Crippen molar-refractivity contribution in [3.05, 3.63) is 42.7 Å². The van der Waals surface area contributed by atoms with Gasteiger partial charge in [-0.2, -0.15) is 0 Å². The fourth-order valence-electron chi connectivity index (χ4n) is 2.13. The van der Waals surface area contributed by atoms with Crippen molar-refractivity contribution >= 4 is 23.4 Å². The second kappa shape index (κ2) is 9.85. The summed E-state index contributed by atoms with van der Waals surface area (Å²) in [5.74, 6) is 1.53. The molecule has 0 unspecified atom stereocenters. The molecule has 1 amide bonds. The maximum absolute atomic E-state index is 12.2. The summed E-state index contributed by atoms with van der Waals surface area (Å²) in [5, 5.41) is 11.7. The van der Waals surface area contributed by atoms with Crippen molar-refractivity contribution in [1.82, 2.24) is 14.8 Å². The number of carbonyl (C=O) groups excluding carboxylic acids is 1. The molecular formula is C17H22N4O3S. The molecule has 0 radical (unpaired) electrons. The Bertz CT molecular complexity index is 718. The Labute approximate surface area is 151 Å². The van der Waals surface area contributed by atoms with Crippen LogP contribution in [0.3, 0.4) is 0 Å². The molecule has 0 bridgehead atoms. The Morgan fingerprint density at radius 3 is 3.00 bits per heavy atom. The van der Waals surface area contributed by atoms with E-state index in [1.807, 2.05) is 29.7 Å². The van der Waals surface area contributed by atoms with E-state index in [9.17, 15) is 4.79 Å². The highest BCUT2D eigenvalue weighted by molar-refractivity contribution is 7.99. The summed E-state index contributed by atoms with van der Waals surface area (Å²) in [6.45, 7) is 7.15. The second-order valence-electron chi connectivity index (χ2n) is 5.03. The van der Waals surface area contributed by atoms with E-state index in [0.29, 0.717) is 36.4 Å². The Morgan fingerprint density at radius 1 is 1.44 bits per heavy atom. The molecule has 0 aliphatic rings. The molecule has 25 heavy (non-hydrogen) atoms. The van der Waals surface area contributed by atoms with E-state index in [2.05, 4.69) is 22.1 Å². The van der Waals surface area contributed by atoms with Crippen LogP contribution in [0.1, 0.15) is 12.7 Å². The van der Waals surface area contributed by atoms with E-state index >= 15 is 0 Å². The number of carbonyl (C=O) groups is 1. The normalized spacial score (nSPS) is 10.5. The number of nitrogens with one attached hydrogen (secondary N) is 1. The summed E-state index contributed by atoms with van der Waals surface area (Å²) in [4.78, 5) is 12.2. The van der Waals surface area contributed by atoms with E-state index in [4.69, 9.17) is 9.47 Å². The molecular weight excluding hydrogens is 340 g/mol. The number of rotatable bonds is 10. The third kappa shape index (κ3) is 5.61. The molecule has 7 nitrogen and oxygen atoms in total. The number of anilines is 1. The molecule has 0 saturated carbocycles. The van der Waals surface area contributed by atoms with Crippen LogP contribution in [-0.4, -0.2) is 40.1 Å². The summed E-state index contributed by atoms with van der Waals surface area (Å²) in [6, 6.07) is 7.31. The number of thioether (sulfide) groups is 1. The largest absolute Gasteiger partial charge is 0.494 e. The van der Waals surface area contributed by atoms with Crippen LogP contribution in [0.5, 0.6) is 5.75 Å². The number of benzene rings is 1. The lowest BCUT2D eigenvalue weighted by Gasteiger charge is -2.09. The summed E-state index contributed by atoms with van der Waals surface area (Å²) in [5.41, 5.74) is 0.698. The standard InChI is InChI=1S/C17H22N4O3S/c1-4-9-21-15(11-23-3)19-20-17(21)25-12-16(22)18-13-7-6-8-14(10-13)24-5-2/h4,6-8,10H,1,5,9,11-12H2,2-3H3,(H,18,22). The Balaban J connectivity index is 1.95. The van der Waals surface area contributed by atoms with Gasteiger partial charge in [0.2, 0.25) is 5.91 Å². The van der Waals surface area contributed by atoms with E-state index < -0.39 is 0 Å². The van der Waals surface area contributed by atoms with Crippen molar-refractivity contribution < 1.29 is 14.3 Å². The number of allylic oxidation sites excluding steroid dienone is 1. The van der Waals surface area contributed by atoms with Crippen LogP contribution in [0, 0.1) is 0 Å². The van der Waals surface area contributed by atoms with Crippen LogP contribution < -0.4 is 10.1 Å². The smallest absolute Gasteiger partial charge is 0.234 e. The summed E-state index contributed by atoms with van der Waals surface area (Å²) in [7, 11) is 1.60. The number of amides is 1. The van der Waals surface area contributed by atoms with Crippen molar-refractivity contribution in [2.45, 2.75) is 25.2 Å². The zero-order valence-electron chi connectivity index (χ0n) is 14.4. The fourth-order valence-corrected chi connectivity index (χ4v) is 2.90. The lowest BCUT2D eigenvalue weighted by molar-refractivity contribution is -0.113. The topological polar surface area (TPSA) is 78.3 Å². The van der Waals surface area contributed by atoms with Crippen molar-refractivity contribution in [1.29, 1.82) is 0 Å². The first-order valence-electron chi connectivity index (χ1n) is 7.85. The highest BCUT2D eigenvalue weighted by Gasteiger charge is 2.13. The van der Waals surface area contributed by atoms with Crippen LogP contribution in [-0.2, 0) is 22.7 Å². The van der Waals surface area contributed by atoms with Gasteiger partial charge in [0.1, 0.15) is 12.4 Å². The first-order chi connectivity index (χ1) is 12.2. The molecule has 1 heterocycles. The summed E-state index contributed by atoms with van der Waals surface area (Å²) in [6.07, 6.45) is 1.76. The monoisotopic (exact) mass is 362 g/mol. The molecule has 0 saturated heterocycles. The zero-order valence-corrected chi connectivity index (χ0v) is 15.2. The van der Waals surface area contributed by atoms with Gasteiger partial charge in [-0.3, -0.25) is 4.79 Å². The maximum atomic E-state index is 12.2. The van der Waals surface area contributed by atoms with Gasteiger partial charge in [0.25, 0.3) is 0 Å². The summed E-state index contributed by atoms with van der Waals surface area (Å²) < 4.78 is 12.4. The predicted molar refractivity (Wildman–Crippen MR) is 97.9 cm³/mol. The average molecular weight is 362 g/mol. The van der Waals surface area contributed by atoms with E-state index in [0.717, 1.165) is 5.75 Å². The molecule has 8 heteroatoms. The van der Waals surface area contributed by atoms with Crippen molar-refractivity contribution in [2.24, 2.45) is 0 Å². The molecule has 1 aromatic carbocycles. The molecule has 134 valence electrons. The van der Waals surface area contributed by atoms with Crippen molar-refractivity contribution in [2.75, 3.05) is 24.8 Å². The van der Waals surface area contributed by atoms with Crippen LogP contribution >= 0.6 is 11.8 Å². The van der Waals surface area contributed by atoms with Gasteiger partial charge in [-0.25, -0.2) is 0 Å². The number of methoxy groups -OCH3 is 1. The number of aromatic nitrogens is 3. The second-order valence-corrected chi connectivity index (χ2v) is 5.97. The minimum Gasteiger partial charge on any atom is -0.494 e. The number of ether oxygens (including phenoxy) is 2. The molecule has 0 aliphatic heterocycles. The molecule has 0 spiro atoms. The lowest BCUT2D eigenvalue weighted by Crippen LogP contribution is -2.15. The number of nitrogens with zero attached hydrogens (tertiary/aromatic N) is 3. The maximum Gasteiger partial charge on any atom is 0.234 e. The van der Waals surface area contributed by atoms with Crippen LogP contribution in [0.4, 0.5) is 5.69 Å². The van der Waals surface area contributed by atoms with Crippen LogP contribution in [0.25, 0.3) is 0 Å². The minimum atomic E-state index is -0.125. The zero-order chi connectivity index (χ0) is 18.1. The van der Waals surface area contributed by atoms with E-state index in [-0.39, 0.29) is 11.7 Å². The van der Waals surface area contributed by atoms with Crippen LogP contribution in [0.15, 0.2) is 42.1 Å². The molecule has 2 rings (SSSR count). The summed E-state index contributed by atoms with van der Waals surface area (Å²) >= 11 is 1.32. The van der Waals surface area contributed by atoms with Crippen molar-refractivity contribution in [3.8, 4) is 5.75 Å². The SMILES string of the molecule is C=CCn1c(COC)nnc1SCC(=O)Nc1cccc(OCC)c1. The fraction of sp³-hybridized carbons (Fsp3) is 0.353. The molecule has 1 aromatic heterocycles. The first-order valence-corrected chi connectivity index (χ1v) is 8.83. The molecule has 0 fully saturated rings. The van der Waals surface area contributed by atoms with Gasteiger partial charge in [0.05, 0.1) is 12.4 Å². The van der Waals surface area contributed by atoms with Gasteiger partial charge < -0.3 is 19.4 Å². The van der Waals surface area contributed by atoms with Gasteiger partial charge >= 0.3 is 0 Å². The highest BCUT2D eigenvalue weighted by atomic mass is 32.2.